The minimum Gasteiger partial charge on any atom is -0.487 e. The lowest BCUT2D eigenvalue weighted by Crippen LogP contribution is -2.36. The number of guanidine groups is 1. The zero-order chi connectivity index (χ0) is 19.6. The third kappa shape index (κ3) is 7.55. The predicted octanol–water partition coefficient (Wildman–Crippen LogP) is 4.80. The van der Waals surface area contributed by atoms with Crippen LogP contribution < -0.4 is 15.4 Å². The minimum absolute atomic E-state index is 0. The first kappa shape index (κ1) is 23.0. The number of nitrogens with zero attached hydrogens (tertiary/aromatic N) is 2. The van der Waals surface area contributed by atoms with Crippen LogP contribution >= 0.6 is 35.6 Å². The first-order valence-corrected chi connectivity index (χ1v) is 9.42. The largest absolute Gasteiger partial charge is 0.487 e. The van der Waals surface area contributed by atoms with Crippen molar-refractivity contribution in [2.75, 3.05) is 7.05 Å². The number of benzene rings is 2. The molecule has 0 amide bonds. The fraction of sp³-hybridized carbons (Fsp3) is 0.182. The number of aromatic nitrogens is 1. The Balaban J connectivity index is 0.00000300. The average molecular weight is 523 g/mol. The summed E-state index contributed by atoms with van der Waals surface area (Å²) in [6.07, 6.45) is 1.76. The smallest absolute Gasteiger partial charge is 0.191 e. The SMILES string of the molecule is CN=C(NCc1ccc(OCc2ccccn2)cc1)NCc1ccccc1Cl.I. The number of aliphatic imine (C=N–C) groups is 1. The highest BCUT2D eigenvalue weighted by Gasteiger charge is 2.03. The Hall–Kier alpha value is -2.32. The first-order valence-electron chi connectivity index (χ1n) is 9.04. The second-order valence-corrected chi connectivity index (χ2v) is 6.53. The number of pyridine rings is 1. The zero-order valence-electron chi connectivity index (χ0n) is 16.1. The molecule has 152 valence electrons. The molecule has 29 heavy (non-hydrogen) atoms. The number of nitrogens with one attached hydrogen (secondary N) is 2. The van der Waals surface area contributed by atoms with Crippen molar-refractivity contribution in [2.45, 2.75) is 19.7 Å². The average Bonchev–Trinajstić information content (AvgIpc) is 2.75. The van der Waals surface area contributed by atoms with E-state index in [4.69, 9.17) is 16.3 Å². The van der Waals surface area contributed by atoms with Crippen LogP contribution in [0, 0.1) is 0 Å². The molecule has 0 spiro atoms. The van der Waals surface area contributed by atoms with E-state index in [0.29, 0.717) is 19.7 Å². The molecule has 2 N–H and O–H groups in total. The molecular weight excluding hydrogens is 499 g/mol. The molecule has 3 rings (SSSR count). The Morgan fingerprint density at radius 1 is 0.966 bits per heavy atom. The maximum Gasteiger partial charge on any atom is 0.191 e. The molecule has 0 aliphatic carbocycles. The van der Waals surface area contributed by atoms with Crippen LogP contribution in [0.15, 0.2) is 77.9 Å². The summed E-state index contributed by atoms with van der Waals surface area (Å²) in [7, 11) is 1.75. The van der Waals surface area contributed by atoms with Crippen molar-refractivity contribution in [3.8, 4) is 5.75 Å². The van der Waals surface area contributed by atoms with Gasteiger partial charge in [0.2, 0.25) is 0 Å². The third-order valence-electron chi connectivity index (χ3n) is 4.12. The highest BCUT2D eigenvalue weighted by atomic mass is 127. The van der Waals surface area contributed by atoms with Gasteiger partial charge in [0.05, 0.1) is 5.69 Å². The van der Waals surface area contributed by atoms with Crippen LogP contribution in [0.5, 0.6) is 5.75 Å². The normalized spacial score (nSPS) is 10.8. The summed E-state index contributed by atoms with van der Waals surface area (Å²) in [6.45, 7) is 1.72. The number of hydrogen-bond donors (Lipinski definition) is 2. The van der Waals surface area contributed by atoms with Crippen molar-refractivity contribution in [2.24, 2.45) is 4.99 Å². The van der Waals surface area contributed by atoms with Crippen molar-refractivity contribution >= 4 is 41.5 Å². The summed E-state index contributed by atoms with van der Waals surface area (Å²) in [6, 6.07) is 21.5. The van der Waals surface area contributed by atoms with Crippen molar-refractivity contribution < 1.29 is 4.74 Å². The standard InChI is InChI=1S/C22H23ClN4O.HI/c1-24-22(27-15-18-6-2-3-8-21(18)23)26-14-17-9-11-20(12-10-17)28-16-19-7-4-5-13-25-19;/h2-13H,14-16H2,1H3,(H2,24,26,27);1H. The van der Waals surface area contributed by atoms with E-state index in [9.17, 15) is 0 Å². The van der Waals surface area contributed by atoms with Gasteiger partial charge >= 0.3 is 0 Å². The van der Waals surface area contributed by atoms with Gasteiger partial charge in [0.1, 0.15) is 12.4 Å². The van der Waals surface area contributed by atoms with Gasteiger partial charge < -0.3 is 15.4 Å². The number of rotatable bonds is 7. The van der Waals surface area contributed by atoms with Crippen LogP contribution in [0.1, 0.15) is 16.8 Å². The minimum atomic E-state index is 0. The van der Waals surface area contributed by atoms with Crippen molar-refractivity contribution in [3.63, 3.8) is 0 Å². The molecule has 0 aliphatic rings. The van der Waals surface area contributed by atoms with E-state index >= 15 is 0 Å². The summed E-state index contributed by atoms with van der Waals surface area (Å²) in [5.41, 5.74) is 3.06. The van der Waals surface area contributed by atoms with Crippen LogP contribution in [0.4, 0.5) is 0 Å². The molecule has 0 bridgehead atoms. The molecule has 2 aromatic carbocycles. The van der Waals surface area contributed by atoms with E-state index in [-0.39, 0.29) is 24.0 Å². The molecule has 1 heterocycles. The lowest BCUT2D eigenvalue weighted by Gasteiger charge is -2.13. The summed E-state index contributed by atoms with van der Waals surface area (Å²) in [5.74, 6) is 1.53. The van der Waals surface area contributed by atoms with Gasteiger partial charge in [-0.05, 0) is 41.5 Å². The second-order valence-electron chi connectivity index (χ2n) is 6.12. The lowest BCUT2D eigenvalue weighted by atomic mass is 10.2. The van der Waals surface area contributed by atoms with Crippen LogP contribution in [-0.4, -0.2) is 18.0 Å². The zero-order valence-corrected chi connectivity index (χ0v) is 19.2. The van der Waals surface area contributed by atoms with Gasteiger partial charge in [-0.2, -0.15) is 0 Å². The quantitative estimate of drug-likeness (QED) is 0.266. The van der Waals surface area contributed by atoms with Gasteiger partial charge in [-0.25, -0.2) is 0 Å². The number of ether oxygens (including phenoxy) is 1. The van der Waals surface area contributed by atoms with Crippen LogP contribution in [-0.2, 0) is 19.7 Å². The molecule has 7 heteroatoms. The summed E-state index contributed by atoms with van der Waals surface area (Å²) < 4.78 is 5.76. The van der Waals surface area contributed by atoms with Gasteiger partial charge in [-0.1, -0.05) is 48.0 Å². The van der Waals surface area contributed by atoms with Crippen molar-refractivity contribution in [1.29, 1.82) is 0 Å². The van der Waals surface area contributed by atoms with Crippen LogP contribution in [0.3, 0.4) is 0 Å². The lowest BCUT2D eigenvalue weighted by molar-refractivity contribution is 0.301. The summed E-state index contributed by atoms with van der Waals surface area (Å²) >= 11 is 6.19. The fourth-order valence-electron chi connectivity index (χ4n) is 2.57. The molecule has 0 unspecified atom stereocenters. The van der Waals surface area contributed by atoms with Crippen molar-refractivity contribution in [3.05, 3.63) is 94.8 Å². The van der Waals surface area contributed by atoms with E-state index in [0.717, 1.165) is 33.6 Å². The van der Waals surface area contributed by atoms with E-state index < -0.39 is 0 Å². The number of halogens is 2. The van der Waals surface area contributed by atoms with E-state index in [1.807, 2.05) is 66.7 Å². The van der Waals surface area contributed by atoms with Crippen LogP contribution in [0.2, 0.25) is 5.02 Å². The molecule has 0 saturated carbocycles. The monoisotopic (exact) mass is 522 g/mol. The van der Waals surface area contributed by atoms with E-state index in [1.54, 1.807) is 13.2 Å². The highest BCUT2D eigenvalue weighted by molar-refractivity contribution is 14.0. The molecule has 5 nitrogen and oxygen atoms in total. The third-order valence-corrected chi connectivity index (χ3v) is 4.49. The Kier molecular flexibility index (Phi) is 9.73. The Bertz CT molecular complexity index is 904. The fourth-order valence-corrected chi connectivity index (χ4v) is 2.77. The molecule has 0 saturated heterocycles. The predicted molar refractivity (Wildman–Crippen MR) is 129 cm³/mol. The van der Waals surface area contributed by atoms with E-state index in [1.165, 1.54) is 0 Å². The molecule has 0 fully saturated rings. The highest BCUT2D eigenvalue weighted by Crippen LogP contribution is 2.15. The maximum atomic E-state index is 6.19. The number of hydrogen-bond acceptors (Lipinski definition) is 3. The Morgan fingerprint density at radius 2 is 1.69 bits per heavy atom. The van der Waals surface area contributed by atoms with Crippen LogP contribution in [0.25, 0.3) is 0 Å². The molecular formula is C22H24ClIN4O. The maximum absolute atomic E-state index is 6.19. The Morgan fingerprint density at radius 3 is 2.38 bits per heavy atom. The summed E-state index contributed by atoms with van der Waals surface area (Å²) in [4.78, 5) is 8.50. The van der Waals surface area contributed by atoms with Gasteiger partial charge in [0.25, 0.3) is 0 Å². The molecule has 0 aliphatic heterocycles. The molecule has 0 radical (unpaired) electrons. The first-order chi connectivity index (χ1) is 13.7. The van der Waals surface area contributed by atoms with Gasteiger partial charge in [-0.3, -0.25) is 9.98 Å². The van der Waals surface area contributed by atoms with Gasteiger partial charge in [-0.15, -0.1) is 24.0 Å². The second kappa shape index (κ2) is 12.3. The molecule has 0 atom stereocenters. The van der Waals surface area contributed by atoms with Gasteiger partial charge in [0, 0.05) is 31.4 Å². The molecule has 3 aromatic rings. The van der Waals surface area contributed by atoms with E-state index in [2.05, 4.69) is 20.6 Å². The Labute approximate surface area is 193 Å². The van der Waals surface area contributed by atoms with Crippen molar-refractivity contribution in [1.82, 2.24) is 15.6 Å². The summed E-state index contributed by atoms with van der Waals surface area (Å²) in [5, 5.41) is 7.31. The molecule has 1 aromatic heterocycles. The van der Waals surface area contributed by atoms with Gasteiger partial charge in [0.15, 0.2) is 5.96 Å². The topological polar surface area (TPSA) is 58.5 Å².